The molecule has 2 heteroatoms. The number of allylic oxidation sites excluding steroid dienone is 4. The van der Waals surface area contributed by atoms with Crippen molar-refractivity contribution in [2.45, 2.75) is 72.5 Å². The Balaban J connectivity index is 2.71. The van der Waals surface area contributed by atoms with Crippen molar-refractivity contribution >= 4 is 5.78 Å². The van der Waals surface area contributed by atoms with Crippen molar-refractivity contribution in [1.29, 1.82) is 0 Å². The van der Waals surface area contributed by atoms with E-state index >= 15 is 0 Å². The van der Waals surface area contributed by atoms with Crippen LogP contribution in [-0.2, 0) is 9.53 Å². The molecule has 0 N–H and O–H groups in total. The fourth-order valence-electron chi connectivity index (χ4n) is 2.28. The maximum absolute atomic E-state index is 11.9. The quantitative estimate of drug-likeness (QED) is 0.683. The van der Waals surface area contributed by atoms with Crippen LogP contribution in [0.5, 0.6) is 0 Å². The molecule has 0 spiro atoms. The van der Waals surface area contributed by atoms with E-state index < -0.39 is 0 Å². The number of rotatable bonds is 3. The van der Waals surface area contributed by atoms with E-state index in [1.54, 1.807) is 6.08 Å². The Kier molecular flexibility index (Phi) is 5.75. The number of carbonyl (C=O) groups excluding carboxylic acids is 1. The highest BCUT2D eigenvalue weighted by molar-refractivity contribution is 5.94. The van der Waals surface area contributed by atoms with Gasteiger partial charge in [-0.15, -0.1) is 0 Å². The predicted octanol–water partition coefficient (Wildman–Crippen LogP) is 5.01. The fourth-order valence-corrected chi connectivity index (χ4v) is 2.28. The highest BCUT2D eigenvalue weighted by Gasteiger charge is 2.24. The lowest BCUT2D eigenvalue weighted by atomic mass is 9.87. The normalized spacial score (nSPS) is 23.0. The number of ketones is 1. The van der Waals surface area contributed by atoms with Crippen LogP contribution in [0.25, 0.3) is 0 Å². The molecular weight excluding hydrogens is 260 g/mol. The van der Waals surface area contributed by atoms with Crippen molar-refractivity contribution in [3.05, 3.63) is 36.0 Å². The third-order valence-electron chi connectivity index (χ3n) is 3.47. The van der Waals surface area contributed by atoms with Crippen molar-refractivity contribution in [1.82, 2.24) is 0 Å². The minimum Gasteiger partial charge on any atom is -0.372 e. The van der Waals surface area contributed by atoms with Crippen molar-refractivity contribution < 1.29 is 9.53 Å². The number of hydrogen-bond donors (Lipinski definition) is 0. The highest BCUT2D eigenvalue weighted by Crippen LogP contribution is 2.31. The molecule has 1 unspecified atom stereocenters. The highest BCUT2D eigenvalue weighted by atomic mass is 16.5. The van der Waals surface area contributed by atoms with E-state index in [1.807, 2.05) is 32.9 Å². The Morgan fingerprint density at radius 2 is 1.86 bits per heavy atom. The third kappa shape index (κ3) is 6.43. The van der Waals surface area contributed by atoms with Gasteiger partial charge in [0.05, 0.1) is 11.7 Å². The van der Waals surface area contributed by atoms with Crippen LogP contribution in [0.4, 0.5) is 0 Å². The summed E-state index contributed by atoms with van der Waals surface area (Å²) >= 11 is 0. The van der Waals surface area contributed by atoms with Gasteiger partial charge in [0.25, 0.3) is 0 Å². The molecule has 0 radical (unpaired) electrons. The van der Waals surface area contributed by atoms with Gasteiger partial charge in [-0.2, -0.15) is 0 Å². The molecule has 21 heavy (non-hydrogen) atoms. The summed E-state index contributed by atoms with van der Waals surface area (Å²) in [5, 5.41) is 0. The van der Waals surface area contributed by atoms with Gasteiger partial charge in [0, 0.05) is 5.41 Å². The van der Waals surface area contributed by atoms with Gasteiger partial charge in [0.2, 0.25) is 0 Å². The molecule has 1 fully saturated rings. The summed E-state index contributed by atoms with van der Waals surface area (Å²) in [7, 11) is 0. The molecule has 1 aliphatic rings. The Hall–Kier alpha value is -1.15. The summed E-state index contributed by atoms with van der Waals surface area (Å²) in [6.07, 6.45) is 8.65. The molecular formula is C19H30O2. The van der Waals surface area contributed by atoms with Crippen LogP contribution in [0.15, 0.2) is 36.0 Å². The predicted molar refractivity (Wildman–Crippen MR) is 89.3 cm³/mol. The summed E-state index contributed by atoms with van der Waals surface area (Å²) in [6.45, 7) is 16.2. The second-order valence-corrected chi connectivity index (χ2v) is 7.86. The Morgan fingerprint density at radius 1 is 1.24 bits per heavy atom. The minimum atomic E-state index is -0.323. The standard InChI is InChI=1S/C19H30O2/c1-14-11-12-16(21-19(5,6)7)13-15(14)9-8-10-17(20)18(2,3)4/h8-10,16H,1,11-13H2,2-7H3/b10-8+,15-9-. The van der Waals surface area contributed by atoms with E-state index in [0.29, 0.717) is 0 Å². The van der Waals surface area contributed by atoms with Crippen molar-refractivity contribution in [2.24, 2.45) is 5.41 Å². The molecule has 1 rings (SSSR count). The van der Waals surface area contributed by atoms with Gasteiger partial charge in [0.1, 0.15) is 0 Å². The van der Waals surface area contributed by atoms with Crippen molar-refractivity contribution in [2.75, 3.05) is 0 Å². The molecule has 0 saturated heterocycles. The number of hydrogen-bond acceptors (Lipinski definition) is 2. The van der Waals surface area contributed by atoms with Crippen molar-refractivity contribution in [3.8, 4) is 0 Å². The minimum absolute atomic E-state index is 0.119. The molecule has 0 aromatic carbocycles. The number of carbonyl (C=O) groups is 1. The first kappa shape index (κ1) is 17.9. The van der Waals surface area contributed by atoms with Crippen LogP contribution >= 0.6 is 0 Å². The van der Waals surface area contributed by atoms with E-state index in [9.17, 15) is 4.79 Å². The molecule has 1 aliphatic carbocycles. The zero-order chi connectivity index (χ0) is 16.3. The molecule has 1 atom stereocenters. The molecule has 2 nitrogen and oxygen atoms in total. The molecule has 0 bridgehead atoms. The summed E-state index contributed by atoms with van der Waals surface area (Å²) in [6, 6.07) is 0. The zero-order valence-corrected chi connectivity index (χ0v) is 14.5. The van der Waals surface area contributed by atoms with E-state index in [4.69, 9.17) is 4.74 Å². The van der Waals surface area contributed by atoms with Crippen LogP contribution in [0.2, 0.25) is 0 Å². The van der Waals surface area contributed by atoms with Crippen LogP contribution in [0, 0.1) is 5.41 Å². The monoisotopic (exact) mass is 290 g/mol. The van der Waals surface area contributed by atoms with Gasteiger partial charge in [-0.05, 0) is 51.7 Å². The van der Waals surface area contributed by atoms with E-state index in [2.05, 4.69) is 27.4 Å². The molecule has 1 saturated carbocycles. The first-order valence-corrected chi connectivity index (χ1v) is 7.77. The van der Waals surface area contributed by atoms with E-state index in [0.717, 1.165) is 24.8 Å². The Bertz CT molecular complexity index is 453. The van der Waals surface area contributed by atoms with Gasteiger partial charge < -0.3 is 4.74 Å². The molecule has 0 amide bonds. The summed E-state index contributed by atoms with van der Waals surface area (Å²) in [5.74, 6) is 0.142. The largest absolute Gasteiger partial charge is 0.372 e. The lowest BCUT2D eigenvalue weighted by Crippen LogP contribution is -2.29. The second kappa shape index (κ2) is 6.74. The molecule has 0 aromatic heterocycles. The van der Waals surface area contributed by atoms with Crippen molar-refractivity contribution in [3.63, 3.8) is 0 Å². The lowest BCUT2D eigenvalue weighted by molar-refractivity contribution is -0.121. The summed E-state index contributed by atoms with van der Waals surface area (Å²) in [4.78, 5) is 11.9. The van der Waals surface area contributed by atoms with E-state index in [-0.39, 0.29) is 22.9 Å². The second-order valence-electron chi connectivity index (χ2n) is 7.86. The summed E-state index contributed by atoms with van der Waals surface area (Å²) in [5.41, 5.74) is 1.92. The van der Waals surface area contributed by atoms with Gasteiger partial charge in [-0.1, -0.05) is 45.1 Å². The van der Waals surface area contributed by atoms with Crippen LogP contribution in [-0.4, -0.2) is 17.5 Å². The number of ether oxygens (including phenoxy) is 1. The van der Waals surface area contributed by atoms with Crippen LogP contribution < -0.4 is 0 Å². The Labute approximate surface area is 130 Å². The maximum Gasteiger partial charge on any atom is 0.160 e. The lowest BCUT2D eigenvalue weighted by Gasteiger charge is -2.32. The average Bonchev–Trinajstić information content (AvgIpc) is 2.30. The maximum atomic E-state index is 11.9. The molecule has 118 valence electrons. The van der Waals surface area contributed by atoms with Gasteiger partial charge >= 0.3 is 0 Å². The smallest absolute Gasteiger partial charge is 0.160 e. The van der Waals surface area contributed by atoms with Gasteiger partial charge in [0.15, 0.2) is 5.78 Å². The third-order valence-corrected chi connectivity index (χ3v) is 3.47. The van der Waals surface area contributed by atoms with Gasteiger partial charge in [-0.25, -0.2) is 0 Å². The SMILES string of the molecule is C=C1CCC(OC(C)(C)C)C/C1=C/C=C/C(=O)C(C)(C)C. The average molecular weight is 290 g/mol. The first-order valence-electron chi connectivity index (χ1n) is 7.77. The topological polar surface area (TPSA) is 26.3 Å². The van der Waals surface area contributed by atoms with E-state index in [1.165, 1.54) is 5.57 Å². The fraction of sp³-hybridized carbons (Fsp3) is 0.632. The zero-order valence-electron chi connectivity index (χ0n) is 14.5. The molecule has 0 heterocycles. The van der Waals surface area contributed by atoms with Crippen LogP contribution in [0.3, 0.4) is 0 Å². The summed E-state index contributed by atoms with van der Waals surface area (Å²) < 4.78 is 6.07. The molecule has 0 aliphatic heterocycles. The van der Waals surface area contributed by atoms with Gasteiger partial charge in [-0.3, -0.25) is 4.79 Å². The molecule has 0 aromatic rings. The first-order chi connectivity index (χ1) is 9.49. The van der Waals surface area contributed by atoms with Crippen LogP contribution in [0.1, 0.15) is 60.8 Å². The Morgan fingerprint density at radius 3 is 2.38 bits per heavy atom.